The lowest BCUT2D eigenvalue weighted by molar-refractivity contribution is -0.384. The molecule has 1 amide bonds. The molecule has 0 spiro atoms. The van der Waals surface area contributed by atoms with E-state index in [0.29, 0.717) is 11.3 Å². The van der Waals surface area contributed by atoms with E-state index in [1.807, 2.05) is 0 Å². The lowest BCUT2D eigenvalue weighted by Crippen LogP contribution is -2.40. The highest BCUT2D eigenvalue weighted by Gasteiger charge is 2.28. The van der Waals surface area contributed by atoms with Crippen molar-refractivity contribution in [1.29, 1.82) is 0 Å². The van der Waals surface area contributed by atoms with Gasteiger partial charge in [-0.2, -0.15) is 0 Å². The summed E-state index contributed by atoms with van der Waals surface area (Å²) in [4.78, 5) is 36.0. The van der Waals surface area contributed by atoms with Crippen molar-refractivity contribution in [3.8, 4) is 5.75 Å². The van der Waals surface area contributed by atoms with Gasteiger partial charge in [0.1, 0.15) is 5.75 Å². The molecule has 1 unspecified atom stereocenters. The quantitative estimate of drug-likeness (QED) is 0.419. The van der Waals surface area contributed by atoms with E-state index >= 15 is 0 Å². The first-order valence-corrected chi connectivity index (χ1v) is 9.87. The van der Waals surface area contributed by atoms with Crippen LogP contribution < -0.4 is 10.1 Å². The van der Waals surface area contributed by atoms with Crippen LogP contribution in [0.3, 0.4) is 0 Å². The predicted molar refractivity (Wildman–Crippen MR) is 109 cm³/mol. The third kappa shape index (κ3) is 5.34. The maximum absolute atomic E-state index is 13.0. The van der Waals surface area contributed by atoms with Crippen LogP contribution in [0.25, 0.3) is 0 Å². The number of hydrogen-bond donors (Lipinski definition) is 1. The van der Waals surface area contributed by atoms with Gasteiger partial charge in [-0.15, -0.1) is 0 Å². The van der Waals surface area contributed by atoms with Crippen LogP contribution >= 0.6 is 0 Å². The third-order valence-corrected chi connectivity index (χ3v) is 5.15. The van der Waals surface area contributed by atoms with Crippen LogP contribution in [0.1, 0.15) is 54.1 Å². The molecular weight excluding hydrogens is 388 g/mol. The summed E-state index contributed by atoms with van der Waals surface area (Å²) in [5.41, 5.74) is 0.538. The van der Waals surface area contributed by atoms with Gasteiger partial charge in [0.2, 0.25) is 6.10 Å². The van der Waals surface area contributed by atoms with Crippen LogP contribution in [0.15, 0.2) is 48.5 Å². The zero-order valence-electron chi connectivity index (χ0n) is 16.7. The number of non-ortho nitro benzene ring substituents is 1. The molecule has 2 aromatic carbocycles. The molecule has 1 N–H and O–H groups in total. The Hall–Kier alpha value is -3.42. The molecule has 0 aromatic heterocycles. The first kappa shape index (κ1) is 21.3. The van der Waals surface area contributed by atoms with Gasteiger partial charge in [0, 0.05) is 23.7 Å². The Morgan fingerprint density at radius 1 is 1.03 bits per heavy atom. The molecule has 158 valence electrons. The first-order chi connectivity index (χ1) is 14.5. The Labute approximate surface area is 174 Å². The molecule has 2 aromatic rings. The molecule has 0 heterocycles. The van der Waals surface area contributed by atoms with E-state index in [4.69, 9.17) is 9.47 Å². The SMILES string of the molecule is COc1ccc(C(=O)OC(C(=O)NC2CCCCC2)c2ccc([N+](=O)[O-])cc2)cc1. The van der Waals surface area contributed by atoms with Gasteiger partial charge < -0.3 is 14.8 Å². The molecule has 0 aliphatic heterocycles. The minimum Gasteiger partial charge on any atom is -0.497 e. The lowest BCUT2D eigenvalue weighted by atomic mass is 9.95. The second-order valence-electron chi connectivity index (χ2n) is 7.21. The highest BCUT2D eigenvalue weighted by molar-refractivity contribution is 5.93. The number of hydrogen-bond acceptors (Lipinski definition) is 6. The van der Waals surface area contributed by atoms with Gasteiger partial charge in [0.15, 0.2) is 0 Å². The van der Waals surface area contributed by atoms with E-state index < -0.39 is 22.9 Å². The number of esters is 1. The third-order valence-electron chi connectivity index (χ3n) is 5.15. The number of ether oxygens (including phenoxy) is 2. The van der Waals surface area contributed by atoms with Gasteiger partial charge in [0.05, 0.1) is 17.6 Å². The summed E-state index contributed by atoms with van der Waals surface area (Å²) in [5, 5.41) is 13.9. The number of benzene rings is 2. The van der Waals surface area contributed by atoms with Crippen LogP contribution in [-0.2, 0) is 9.53 Å². The molecule has 1 aliphatic rings. The fourth-order valence-electron chi connectivity index (χ4n) is 3.47. The number of nitro benzene ring substituents is 1. The molecule has 1 aliphatic carbocycles. The number of nitrogens with one attached hydrogen (secondary N) is 1. The molecule has 8 nitrogen and oxygen atoms in total. The monoisotopic (exact) mass is 412 g/mol. The molecule has 0 saturated heterocycles. The van der Waals surface area contributed by atoms with Crippen molar-refractivity contribution in [3.63, 3.8) is 0 Å². The van der Waals surface area contributed by atoms with E-state index in [-0.39, 0.29) is 17.3 Å². The summed E-state index contributed by atoms with van der Waals surface area (Å²) in [6.45, 7) is 0. The van der Waals surface area contributed by atoms with Crippen molar-refractivity contribution < 1.29 is 24.0 Å². The van der Waals surface area contributed by atoms with Crippen LogP contribution in [0.4, 0.5) is 5.69 Å². The molecular formula is C22H24N2O6. The Morgan fingerprint density at radius 3 is 2.23 bits per heavy atom. The van der Waals surface area contributed by atoms with Gasteiger partial charge in [-0.3, -0.25) is 14.9 Å². The molecule has 1 saturated carbocycles. The van der Waals surface area contributed by atoms with E-state index in [0.717, 1.165) is 32.1 Å². The molecule has 0 bridgehead atoms. The largest absolute Gasteiger partial charge is 0.497 e. The van der Waals surface area contributed by atoms with Gasteiger partial charge in [0.25, 0.3) is 11.6 Å². The van der Waals surface area contributed by atoms with Crippen molar-refractivity contribution in [2.24, 2.45) is 0 Å². The van der Waals surface area contributed by atoms with E-state index in [1.165, 1.54) is 31.4 Å². The molecule has 0 radical (unpaired) electrons. The van der Waals surface area contributed by atoms with Gasteiger partial charge in [-0.25, -0.2) is 4.79 Å². The summed E-state index contributed by atoms with van der Waals surface area (Å²) < 4.78 is 10.6. The zero-order chi connectivity index (χ0) is 21.5. The van der Waals surface area contributed by atoms with Crippen molar-refractivity contribution in [3.05, 3.63) is 69.8 Å². The summed E-state index contributed by atoms with van der Waals surface area (Å²) in [6.07, 6.45) is 3.78. The van der Waals surface area contributed by atoms with Crippen LogP contribution in [0, 0.1) is 10.1 Å². The van der Waals surface area contributed by atoms with E-state index in [9.17, 15) is 19.7 Å². The minimum absolute atomic E-state index is 0.0338. The second-order valence-corrected chi connectivity index (χ2v) is 7.21. The summed E-state index contributed by atoms with van der Waals surface area (Å²) >= 11 is 0. The summed E-state index contributed by atoms with van der Waals surface area (Å²) in [5.74, 6) is -0.508. The number of nitro groups is 1. The topological polar surface area (TPSA) is 108 Å². The van der Waals surface area contributed by atoms with Crippen LogP contribution in [-0.4, -0.2) is 30.0 Å². The number of carbonyl (C=O) groups is 2. The maximum atomic E-state index is 13.0. The summed E-state index contributed by atoms with van der Waals surface area (Å²) in [6, 6.07) is 11.8. The van der Waals surface area contributed by atoms with Crippen LogP contribution in [0.5, 0.6) is 5.75 Å². The molecule has 1 fully saturated rings. The smallest absolute Gasteiger partial charge is 0.339 e. The number of methoxy groups -OCH3 is 1. The van der Waals surface area contributed by atoms with Crippen molar-refractivity contribution in [2.45, 2.75) is 44.2 Å². The zero-order valence-corrected chi connectivity index (χ0v) is 16.7. The van der Waals surface area contributed by atoms with Gasteiger partial charge in [-0.1, -0.05) is 19.3 Å². The average molecular weight is 412 g/mol. The Balaban J connectivity index is 1.80. The number of rotatable bonds is 7. The molecule has 8 heteroatoms. The fourth-order valence-corrected chi connectivity index (χ4v) is 3.47. The Kier molecular flexibility index (Phi) is 7.00. The van der Waals surface area contributed by atoms with Crippen molar-refractivity contribution in [2.75, 3.05) is 7.11 Å². The van der Waals surface area contributed by atoms with E-state index in [1.54, 1.807) is 24.3 Å². The standard InChI is InChI=1S/C22H24N2O6/c1-29-19-13-9-16(10-14-19)22(26)30-20(15-7-11-18(12-8-15)24(27)28)21(25)23-17-5-3-2-4-6-17/h7-14,17,20H,2-6H2,1H3,(H,23,25). The Morgan fingerprint density at radius 2 is 1.67 bits per heavy atom. The normalized spacial score (nSPS) is 15.1. The lowest BCUT2D eigenvalue weighted by Gasteiger charge is -2.25. The first-order valence-electron chi connectivity index (χ1n) is 9.87. The van der Waals surface area contributed by atoms with Crippen molar-refractivity contribution in [1.82, 2.24) is 5.32 Å². The number of amides is 1. The molecule has 3 rings (SSSR count). The molecule has 1 atom stereocenters. The molecule has 30 heavy (non-hydrogen) atoms. The number of nitrogens with zero attached hydrogens (tertiary/aromatic N) is 1. The highest BCUT2D eigenvalue weighted by atomic mass is 16.6. The minimum atomic E-state index is -1.21. The predicted octanol–water partition coefficient (Wildman–Crippen LogP) is 3.95. The number of carbonyl (C=O) groups excluding carboxylic acids is 2. The van der Waals surface area contributed by atoms with E-state index in [2.05, 4.69) is 5.32 Å². The second kappa shape index (κ2) is 9.87. The van der Waals surface area contributed by atoms with Crippen molar-refractivity contribution >= 4 is 17.6 Å². The van der Waals surface area contributed by atoms with Gasteiger partial charge >= 0.3 is 5.97 Å². The summed E-state index contributed by atoms with van der Waals surface area (Å²) in [7, 11) is 1.52. The Bertz CT molecular complexity index is 889. The average Bonchev–Trinajstić information content (AvgIpc) is 2.78. The highest BCUT2D eigenvalue weighted by Crippen LogP contribution is 2.25. The van der Waals surface area contributed by atoms with Gasteiger partial charge in [-0.05, 0) is 49.2 Å². The maximum Gasteiger partial charge on any atom is 0.339 e. The fraction of sp³-hybridized carbons (Fsp3) is 0.364. The van der Waals surface area contributed by atoms with Crippen LogP contribution in [0.2, 0.25) is 0 Å².